The number of hydrogen-bond acceptors (Lipinski definition) is 6. The van der Waals surface area contributed by atoms with E-state index >= 15 is 0 Å². The molecule has 3 heterocycles. The van der Waals surface area contributed by atoms with Crippen molar-refractivity contribution in [2.75, 3.05) is 6.54 Å². The number of benzene rings is 1. The first-order chi connectivity index (χ1) is 12.0. The molecule has 25 heavy (non-hydrogen) atoms. The van der Waals surface area contributed by atoms with Crippen LogP contribution in [0, 0.1) is 0 Å². The number of thiophene rings is 1. The second-order valence-corrected chi connectivity index (χ2v) is 8.13. The first-order valence-electron chi connectivity index (χ1n) is 7.67. The Hall–Kier alpha value is -1.73. The molecule has 0 saturated carbocycles. The Labute approximate surface area is 158 Å². The standard InChI is InChI=1S/C17H14Cl2N2O3S/c18-12-5-10(14(22)6-15(12)23)17-11-8-21(4-3-13(11)20-24-17)7-9-1-2-16(19)25-9/h1-2,5-6,22-23H,3-4,7-8H2. The second kappa shape index (κ2) is 6.53. The number of phenolic OH excluding ortho intramolecular Hbond substituents is 2. The summed E-state index contributed by atoms with van der Waals surface area (Å²) in [6, 6.07) is 6.63. The maximum Gasteiger partial charge on any atom is 0.175 e. The largest absolute Gasteiger partial charge is 0.507 e. The minimum absolute atomic E-state index is 0.0944. The summed E-state index contributed by atoms with van der Waals surface area (Å²) in [4.78, 5) is 3.48. The Morgan fingerprint density at radius 2 is 2.04 bits per heavy atom. The van der Waals surface area contributed by atoms with E-state index in [1.54, 1.807) is 11.3 Å². The van der Waals surface area contributed by atoms with Crippen LogP contribution in [0.1, 0.15) is 16.1 Å². The molecule has 1 aromatic carbocycles. The van der Waals surface area contributed by atoms with Crippen molar-refractivity contribution in [1.82, 2.24) is 10.1 Å². The third-order valence-electron chi connectivity index (χ3n) is 4.23. The van der Waals surface area contributed by atoms with Crippen LogP contribution in [0.25, 0.3) is 11.3 Å². The summed E-state index contributed by atoms with van der Waals surface area (Å²) < 4.78 is 6.27. The summed E-state index contributed by atoms with van der Waals surface area (Å²) in [5, 5.41) is 24.1. The van der Waals surface area contributed by atoms with Crippen LogP contribution < -0.4 is 0 Å². The molecule has 0 radical (unpaired) electrons. The van der Waals surface area contributed by atoms with E-state index in [9.17, 15) is 10.2 Å². The lowest BCUT2D eigenvalue weighted by atomic mass is 10.0. The third-order valence-corrected chi connectivity index (χ3v) is 5.75. The van der Waals surface area contributed by atoms with E-state index in [2.05, 4.69) is 10.1 Å². The summed E-state index contributed by atoms with van der Waals surface area (Å²) in [5.74, 6) is 0.221. The van der Waals surface area contributed by atoms with Gasteiger partial charge in [0, 0.05) is 42.6 Å². The number of phenols is 2. The molecule has 5 nitrogen and oxygen atoms in total. The van der Waals surface area contributed by atoms with Gasteiger partial charge in [0.05, 0.1) is 20.6 Å². The molecule has 130 valence electrons. The Kier molecular flexibility index (Phi) is 4.37. The summed E-state index contributed by atoms with van der Waals surface area (Å²) in [5.41, 5.74) is 2.25. The highest BCUT2D eigenvalue weighted by Crippen LogP contribution is 2.40. The number of aromatic hydroxyl groups is 2. The fourth-order valence-electron chi connectivity index (χ4n) is 3.00. The van der Waals surface area contributed by atoms with Crippen LogP contribution in [-0.4, -0.2) is 26.8 Å². The van der Waals surface area contributed by atoms with Crippen molar-refractivity contribution >= 4 is 34.5 Å². The van der Waals surface area contributed by atoms with Crippen LogP contribution in [0.4, 0.5) is 0 Å². The van der Waals surface area contributed by atoms with Crippen LogP contribution in [0.2, 0.25) is 9.36 Å². The van der Waals surface area contributed by atoms with E-state index in [1.807, 2.05) is 12.1 Å². The molecule has 1 aliphatic heterocycles. The summed E-state index contributed by atoms with van der Waals surface area (Å²) in [6.45, 7) is 2.32. The van der Waals surface area contributed by atoms with Crippen LogP contribution >= 0.6 is 34.5 Å². The molecule has 0 aliphatic carbocycles. The van der Waals surface area contributed by atoms with Gasteiger partial charge in [0.2, 0.25) is 0 Å². The summed E-state index contributed by atoms with van der Waals surface area (Å²) >= 11 is 13.6. The van der Waals surface area contributed by atoms with Crippen molar-refractivity contribution in [1.29, 1.82) is 0 Å². The molecular formula is C17H14Cl2N2O3S. The van der Waals surface area contributed by atoms with Gasteiger partial charge in [-0.05, 0) is 18.2 Å². The number of halogens is 2. The molecule has 0 fully saturated rings. The SMILES string of the molecule is Oc1cc(O)c(-c2onc3c2CN(Cc2ccc(Cl)s2)CC3)cc1Cl. The first-order valence-corrected chi connectivity index (χ1v) is 9.24. The number of rotatable bonds is 3. The second-order valence-electron chi connectivity index (χ2n) is 5.92. The van der Waals surface area contributed by atoms with Gasteiger partial charge < -0.3 is 14.7 Å². The van der Waals surface area contributed by atoms with Crippen molar-refractivity contribution in [3.8, 4) is 22.8 Å². The molecule has 1 aliphatic rings. The lowest BCUT2D eigenvalue weighted by Crippen LogP contribution is -2.29. The Morgan fingerprint density at radius 3 is 2.80 bits per heavy atom. The highest BCUT2D eigenvalue weighted by Gasteiger charge is 2.27. The molecule has 0 spiro atoms. The molecule has 0 bridgehead atoms. The Morgan fingerprint density at radius 1 is 1.20 bits per heavy atom. The lowest BCUT2D eigenvalue weighted by Gasteiger charge is -2.25. The van der Waals surface area contributed by atoms with E-state index in [0.717, 1.165) is 35.1 Å². The van der Waals surface area contributed by atoms with Gasteiger partial charge in [-0.1, -0.05) is 28.4 Å². The van der Waals surface area contributed by atoms with Gasteiger partial charge in [-0.15, -0.1) is 11.3 Å². The van der Waals surface area contributed by atoms with Gasteiger partial charge in [0.15, 0.2) is 5.76 Å². The monoisotopic (exact) mass is 396 g/mol. The van der Waals surface area contributed by atoms with Gasteiger partial charge >= 0.3 is 0 Å². The fraction of sp³-hybridized carbons (Fsp3) is 0.235. The Balaban J connectivity index is 1.64. The number of hydrogen-bond donors (Lipinski definition) is 2. The quantitative estimate of drug-likeness (QED) is 0.672. The predicted octanol–water partition coefficient (Wildman–Crippen LogP) is 4.68. The number of nitrogens with zero attached hydrogens (tertiary/aromatic N) is 2. The van der Waals surface area contributed by atoms with Crippen LogP contribution in [0.3, 0.4) is 0 Å². The van der Waals surface area contributed by atoms with E-state index in [4.69, 9.17) is 27.7 Å². The lowest BCUT2D eigenvalue weighted by molar-refractivity contribution is 0.247. The zero-order valence-corrected chi connectivity index (χ0v) is 15.3. The van der Waals surface area contributed by atoms with Crippen molar-refractivity contribution in [2.45, 2.75) is 19.5 Å². The molecule has 0 atom stereocenters. The molecule has 0 saturated heterocycles. The molecule has 3 aromatic rings. The van der Waals surface area contributed by atoms with E-state index in [1.165, 1.54) is 17.0 Å². The van der Waals surface area contributed by atoms with E-state index in [-0.39, 0.29) is 16.5 Å². The number of aromatic nitrogens is 1. The molecule has 4 rings (SSSR count). The highest BCUT2D eigenvalue weighted by molar-refractivity contribution is 7.16. The van der Waals surface area contributed by atoms with Gasteiger partial charge in [-0.25, -0.2) is 0 Å². The van der Waals surface area contributed by atoms with Gasteiger partial charge in [0.1, 0.15) is 11.5 Å². The van der Waals surface area contributed by atoms with E-state index in [0.29, 0.717) is 17.9 Å². The average molecular weight is 397 g/mol. The zero-order valence-electron chi connectivity index (χ0n) is 13.0. The number of fused-ring (bicyclic) bond motifs is 1. The van der Waals surface area contributed by atoms with Crippen molar-refractivity contribution in [3.63, 3.8) is 0 Å². The Bertz CT molecular complexity index is 938. The van der Waals surface area contributed by atoms with Crippen LogP contribution in [0.15, 0.2) is 28.8 Å². The average Bonchev–Trinajstić information content (AvgIpc) is 3.17. The molecule has 2 aromatic heterocycles. The van der Waals surface area contributed by atoms with Crippen LogP contribution in [-0.2, 0) is 19.5 Å². The van der Waals surface area contributed by atoms with E-state index < -0.39 is 0 Å². The van der Waals surface area contributed by atoms with Crippen molar-refractivity contribution in [3.05, 3.63) is 49.8 Å². The first kappa shape index (κ1) is 16.7. The normalized spacial score (nSPS) is 14.6. The smallest absolute Gasteiger partial charge is 0.175 e. The van der Waals surface area contributed by atoms with Gasteiger partial charge in [-0.3, -0.25) is 4.90 Å². The summed E-state index contributed by atoms with van der Waals surface area (Å²) in [6.07, 6.45) is 0.768. The molecule has 0 unspecified atom stereocenters. The minimum Gasteiger partial charge on any atom is -0.507 e. The van der Waals surface area contributed by atoms with Crippen molar-refractivity contribution < 1.29 is 14.7 Å². The molecule has 8 heteroatoms. The molecule has 2 N–H and O–H groups in total. The summed E-state index contributed by atoms with van der Waals surface area (Å²) in [7, 11) is 0. The highest BCUT2D eigenvalue weighted by atomic mass is 35.5. The topological polar surface area (TPSA) is 69.7 Å². The van der Waals surface area contributed by atoms with Gasteiger partial charge in [0.25, 0.3) is 0 Å². The predicted molar refractivity (Wildman–Crippen MR) is 97.4 cm³/mol. The maximum absolute atomic E-state index is 10.2. The fourth-order valence-corrected chi connectivity index (χ4v) is 4.30. The maximum atomic E-state index is 10.2. The van der Waals surface area contributed by atoms with Crippen molar-refractivity contribution in [2.24, 2.45) is 0 Å². The third kappa shape index (κ3) is 3.22. The molecule has 0 amide bonds. The minimum atomic E-state index is -0.174. The van der Waals surface area contributed by atoms with Gasteiger partial charge in [-0.2, -0.15) is 0 Å². The van der Waals surface area contributed by atoms with Crippen LogP contribution in [0.5, 0.6) is 11.5 Å². The molecular weight excluding hydrogens is 383 g/mol. The zero-order chi connectivity index (χ0) is 17.6.